The molecule has 0 spiro atoms. The van der Waals surface area contributed by atoms with Crippen molar-refractivity contribution in [3.8, 4) is 0 Å². The van der Waals surface area contributed by atoms with Crippen LogP contribution in [0.15, 0.2) is 18.2 Å². The monoisotopic (exact) mass is 287 g/mol. The molecule has 0 fully saturated rings. The van der Waals surface area contributed by atoms with Gasteiger partial charge in [-0.1, -0.05) is 29.3 Å². The molecule has 0 aromatic heterocycles. The molecule has 5 heteroatoms. The van der Waals surface area contributed by atoms with Gasteiger partial charge in [0.25, 0.3) is 0 Å². The molecule has 102 valence electrons. The third kappa shape index (κ3) is 5.89. The van der Waals surface area contributed by atoms with Gasteiger partial charge in [0.05, 0.1) is 5.75 Å². The van der Waals surface area contributed by atoms with Crippen molar-refractivity contribution in [2.45, 2.75) is 19.9 Å². The second kappa shape index (κ2) is 6.59. The molecule has 1 aromatic carbocycles. The quantitative estimate of drug-likeness (QED) is 0.814. The van der Waals surface area contributed by atoms with Crippen LogP contribution < -0.4 is 5.73 Å². The second-order valence-electron chi connectivity index (χ2n) is 4.73. The van der Waals surface area contributed by atoms with E-state index in [2.05, 4.69) is 32.0 Å². The number of sulfone groups is 1. The average Bonchev–Trinajstić information content (AvgIpc) is 2.21. The van der Waals surface area contributed by atoms with Crippen LogP contribution in [0.2, 0.25) is 0 Å². The zero-order valence-corrected chi connectivity index (χ0v) is 12.8. The summed E-state index contributed by atoms with van der Waals surface area (Å²) in [5.41, 5.74) is 9.66. The Bertz CT molecular complexity index is 477. The predicted molar refractivity (Wildman–Crippen MR) is 79.9 cm³/mol. The summed E-state index contributed by atoms with van der Waals surface area (Å²) in [7, 11) is -2.86. The van der Waals surface area contributed by atoms with Gasteiger partial charge < -0.3 is 5.73 Å². The Hall–Kier alpha value is -0.520. The highest BCUT2D eigenvalue weighted by molar-refractivity contribution is 8.00. The van der Waals surface area contributed by atoms with Crippen LogP contribution in [0.5, 0.6) is 0 Å². The molecule has 18 heavy (non-hydrogen) atoms. The lowest BCUT2D eigenvalue weighted by molar-refractivity contribution is 0.603. The Balaban J connectivity index is 2.48. The number of aryl methyl sites for hydroxylation is 2. The summed E-state index contributed by atoms with van der Waals surface area (Å²) < 4.78 is 22.0. The van der Waals surface area contributed by atoms with Crippen LogP contribution in [0.25, 0.3) is 0 Å². The summed E-state index contributed by atoms with van der Waals surface area (Å²) in [5, 5.41) is 0. The van der Waals surface area contributed by atoms with E-state index in [1.165, 1.54) is 17.4 Å². The van der Waals surface area contributed by atoms with Gasteiger partial charge in [-0.25, -0.2) is 8.42 Å². The lowest BCUT2D eigenvalue weighted by Gasteiger charge is -2.13. The van der Waals surface area contributed by atoms with Crippen LogP contribution in [0.1, 0.15) is 22.7 Å². The average molecular weight is 287 g/mol. The predicted octanol–water partition coefficient (Wildman–Crippen LogP) is 2.08. The van der Waals surface area contributed by atoms with E-state index in [-0.39, 0.29) is 11.8 Å². The minimum atomic E-state index is -2.86. The number of thioether (sulfide) groups is 1. The van der Waals surface area contributed by atoms with E-state index in [0.717, 1.165) is 11.3 Å². The van der Waals surface area contributed by atoms with Crippen molar-refractivity contribution in [3.63, 3.8) is 0 Å². The maximum atomic E-state index is 11.0. The summed E-state index contributed by atoms with van der Waals surface area (Å²) in [6, 6.07) is 6.27. The van der Waals surface area contributed by atoms with Gasteiger partial charge in [-0.2, -0.15) is 11.8 Å². The van der Waals surface area contributed by atoms with Crippen LogP contribution in [0, 0.1) is 13.8 Å². The van der Waals surface area contributed by atoms with Gasteiger partial charge in [0, 0.05) is 23.8 Å². The van der Waals surface area contributed by atoms with Crippen LogP contribution in [-0.2, 0) is 9.84 Å². The molecule has 0 aliphatic carbocycles. The summed E-state index contributed by atoms with van der Waals surface area (Å²) in [6.45, 7) is 4.11. The van der Waals surface area contributed by atoms with Crippen molar-refractivity contribution in [1.29, 1.82) is 0 Å². The minimum absolute atomic E-state index is 0.0341. The molecular formula is C13H21NO2S2. The lowest BCUT2D eigenvalue weighted by atomic mass is 10.0. The fraction of sp³-hybridized carbons (Fsp3) is 0.538. The van der Waals surface area contributed by atoms with Crippen LogP contribution in [0.4, 0.5) is 0 Å². The molecule has 0 saturated heterocycles. The Labute approximate surface area is 114 Å². The molecule has 0 bridgehead atoms. The lowest BCUT2D eigenvalue weighted by Crippen LogP contribution is -2.15. The number of hydrogen-bond acceptors (Lipinski definition) is 4. The highest BCUT2D eigenvalue weighted by Crippen LogP contribution is 2.19. The van der Waals surface area contributed by atoms with Crippen molar-refractivity contribution in [2.24, 2.45) is 5.73 Å². The van der Waals surface area contributed by atoms with Gasteiger partial charge in [-0.3, -0.25) is 0 Å². The van der Waals surface area contributed by atoms with E-state index < -0.39 is 9.84 Å². The normalized spacial score (nSPS) is 13.6. The van der Waals surface area contributed by atoms with Gasteiger partial charge in [-0.15, -0.1) is 0 Å². The fourth-order valence-corrected chi connectivity index (χ4v) is 4.04. The molecule has 1 rings (SSSR count). The Kier molecular flexibility index (Phi) is 5.69. The molecule has 1 aromatic rings. The molecule has 0 heterocycles. The highest BCUT2D eigenvalue weighted by Gasteiger charge is 2.08. The zero-order chi connectivity index (χ0) is 13.8. The van der Waals surface area contributed by atoms with Crippen molar-refractivity contribution >= 4 is 21.6 Å². The van der Waals surface area contributed by atoms with Crippen molar-refractivity contribution in [1.82, 2.24) is 0 Å². The summed E-state index contributed by atoms with van der Waals surface area (Å²) >= 11 is 1.59. The van der Waals surface area contributed by atoms with Gasteiger partial charge >= 0.3 is 0 Å². The van der Waals surface area contributed by atoms with Gasteiger partial charge in [0.2, 0.25) is 0 Å². The maximum Gasteiger partial charge on any atom is 0.148 e. The molecule has 3 nitrogen and oxygen atoms in total. The first-order valence-electron chi connectivity index (χ1n) is 5.87. The Morgan fingerprint density at radius 1 is 1.22 bits per heavy atom. The first-order valence-corrected chi connectivity index (χ1v) is 9.09. The molecule has 1 unspecified atom stereocenters. The number of rotatable bonds is 6. The Morgan fingerprint density at radius 2 is 1.78 bits per heavy atom. The van der Waals surface area contributed by atoms with Crippen LogP contribution in [0.3, 0.4) is 0 Å². The van der Waals surface area contributed by atoms with Crippen molar-refractivity contribution < 1.29 is 8.42 Å². The summed E-state index contributed by atoms with van der Waals surface area (Å²) in [4.78, 5) is 0. The molecule has 0 saturated carbocycles. The summed E-state index contributed by atoms with van der Waals surface area (Å²) in [6.07, 6.45) is 1.26. The number of benzene rings is 1. The van der Waals surface area contributed by atoms with Gasteiger partial charge in [0.1, 0.15) is 9.84 Å². The Morgan fingerprint density at radius 3 is 2.28 bits per heavy atom. The number of hydrogen-bond donors (Lipinski definition) is 1. The van der Waals surface area contributed by atoms with Gasteiger partial charge in [-0.05, 0) is 19.4 Å². The molecule has 1 atom stereocenters. The third-order valence-corrected chi connectivity index (χ3v) is 4.86. The smallest absolute Gasteiger partial charge is 0.148 e. The van der Waals surface area contributed by atoms with Gasteiger partial charge in [0.15, 0.2) is 0 Å². The fourth-order valence-electron chi connectivity index (χ4n) is 1.74. The maximum absolute atomic E-state index is 11.0. The second-order valence-corrected chi connectivity index (χ2v) is 8.14. The highest BCUT2D eigenvalue weighted by atomic mass is 32.2. The van der Waals surface area contributed by atoms with E-state index in [0.29, 0.717) is 5.75 Å². The van der Waals surface area contributed by atoms with Crippen LogP contribution in [-0.4, -0.2) is 31.9 Å². The topological polar surface area (TPSA) is 60.2 Å². The molecule has 2 N–H and O–H groups in total. The van der Waals surface area contributed by atoms with Crippen LogP contribution >= 0.6 is 11.8 Å². The summed E-state index contributed by atoms with van der Waals surface area (Å²) in [5.74, 6) is 1.58. The molecule has 0 aliphatic heterocycles. The molecule has 0 amide bonds. The van der Waals surface area contributed by atoms with Crippen molar-refractivity contribution in [3.05, 3.63) is 34.9 Å². The van der Waals surface area contributed by atoms with E-state index in [9.17, 15) is 8.42 Å². The largest absolute Gasteiger partial charge is 0.323 e. The van der Waals surface area contributed by atoms with E-state index >= 15 is 0 Å². The standard InChI is InChI=1S/C13H21NO2S2/c1-10-6-11(2)8-12(7-10)13(14)9-17-4-5-18(3,15)16/h6-8,13H,4-5,9,14H2,1-3H3. The number of nitrogens with two attached hydrogens (primary N) is 1. The minimum Gasteiger partial charge on any atom is -0.323 e. The molecular weight excluding hydrogens is 266 g/mol. The third-order valence-electron chi connectivity index (χ3n) is 2.57. The van der Waals surface area contributed by atoms with E-state index in [1.807, 2.05) is 0 Å². The van der Waals surface area contributed by atoms with E-state index in [1.54, 1.807) is 11.8 Å². The first kappa shape index (κ1) is 15.5. The molecule has 0 aliphatic rings. The van der Waals surface area contributed by atoms with Crippen molar-refractivity contribution in [2.75, 3.05) is 23.5 Å². The SMILES string of the molecule is Cc1cc(C)cc(C(N)CSCCS(C)(=O)=O)c1. The van der Waals surface area contributed by atoms with E-state index in [4.69, 9.17) is 5.73 Å². The first-order chi connectivity index (χ1) is 8.28. The zero-order valence-electron chi connectivity index (χ0n) is 11.1. The molecule has 0 radical (unpaired) electrons.